The molecule has 0 saturated carbocycles. The standard InChI is InChI=1S/C18H14N4O2S/c1-12-17(22-25-21-12)11-24-16-8-4-14(5-9-16)18(23)20-15-6-2-13(10-19)3-7-15/h2-9H,11H2,1H3,(H,20,23). The number of carbonyl (C=O) groups excluding carboxylic acids is 1. The fourth-order valence-corrected chi connectivity index (χ4v) is 2.62. The minimum atomic E-state index is -0.226. The second-order valence-corrected chi connectivity index (χ2v) is 5.78. The number of carbonyl (C=O) groups is 1. The Morgan fingerprint density at radius 2 is 1.88 bits per heavy atom. The molecular formula is C18H14N4O2S. The summed E-state index contributed by atoms with van der Waals surface area (Å²) < 4.78 is 13.9. The summed E-state index contributed by atoms with van der Waals surface area (Å²) in [6.45, 7) is 2.23. The fraction of sp³-hybridized carbons (Fsp3) is 0.111. The highest BCUT2D eigenvalue weighted by molar-refractivity contribution is 6.99. The highest BCUT2D eigenvalue weighted by atomic mass is 32.1. The molecule has 0 unspecified atom stereocenters. The van der Waals surface area contributed by atoms with Gasteiger partial charge in [-0.3, -0.25) is 4.79 Å². The van der Waals surface area contributed by atoms with Crippen LogP contribution in [-0.2, 0) is 6.61 Å². The molecule has 0 bridgehead atoms. The van der Waals surface area contributed by atoms with Crippen LogP contribution in [0.15, 0.2) is 48.5 Å². The largest absolute Gasteiger partial charge is 0.487 e. The molecule has 25 heavy (non-hydrogen) atoms. The van der Waals surface area contributed by atoms with Crippen LogP contribution in [0.4, 0.5) is 5.69 Å². The predicted molar refractivity (Wildman–Crippen MR) is 94.5 cm³/mol. The Hall–Kier alpha value is -3.24. The first kappa shape index (κ1) is 16.6. The molecule has 0 aliphatic rings. The lowest BCUT2D eigenvalue weighted by atomic mass is 10.2. The van der Waals surface area contributed by atoms with E-state index in [1.54, 1.807) is 48.5 Å². The molecule has 0 radical (unpaired) electrons. The van der Waals surface area contributed by atoms with E-state index in [1.165, 1.54) is 0 Å². The fourth-order valence-electron chi connectivity index (χ4n) is 2.07. The van der Waals surface area contributed by atoms with Gasteiger partial charge in [-0.2, -0.15) is 14.0 Å². The van der Waals surface area contributed by atoms with Crippen molar-refractivity contribution in [2.24, 2.45) is 0 Å². The van der Waals surface area contributed by atoms with Gasteiger partial charge in [-0.05, 0) is 55.5 Å². The van der Waals surface area contributed by atoms with E-state index in [0.717, 1.165) is 23.1 Å². The molecule has 1 heterocycles. The first-order chi connectivity index (χ1) is 12.2. The Morgan fingerprint density at radius 3 is 2.48 bits per heavy atom. The highest BCUT2D eigenvalue weighted by Gasteiger charge is 2.08. The third-order valence-electron chi connectivity index (χ3n) is 3.51. The first-order valence-electron chi connectivity index (χ1n) is 7.48. The molecule has 0 aliphatic carbocycles. The van der Waals surface area contributed by atoms with Gasteiger partial charge >= 0.3 is 0 Å². The lowest BCUT2D eigenvalue weighted by Gasteiger charge is -2.07. The summed E-state index contributed by atoms with van der Waals surface area (Å²) in [4.78, 5) is 12.2. The van der Waals surface area contributed by atoms with E-state index < -0.39 is 0 Å². The van der Waals surface area contributed by atoms with Gasteiger partial charge in [0.05, 0.1) is 29.1 Å². The molecule has 1 amide bonds. The molecule has 1 N–H and O–H groups in total. The second-order valence-electron chi connectivity index (χ2n) is 5.25. The summed E-state index contributed by atoms with van der Waals surface area (Å²) in [7, 11) is 0. The molecule has 1 aromatic heterocycles. The number of ether oxygens (including phenoxy) is 1. The Kier molecular flexibility index (Phi) is 5.02. The van der Waals surface area contributed by atoms with Crippen LogP contribution >= 0.6 is 11.7 Å². The molecule has 6 nitrogen and oxygen atoms in total. The van der Waals surface area contributed by atoms with Gasteiger partial charge in [-0.15, -0.1) is 0 Å². The maximum atomic E-state index is 12.2. The molecule has 124 valence electrons. The average molecular weight is 350 g/mol. The molecule has 0 saturated heterocycles. The number of amides is 1. The van der Waals surface area contributed by atoms with E-state index >= 15 is 0 Å². The topological polar surface area (TPSA) is 87.9 Å². The van der Waals surface area contributed by atoms with Gasteiger partial charge in [-0.25, -0.2) is 0 Å². The van der Waals surface area contributed by atoms with Gasteiger partial charge in [0.2, 0.25) is 0 Å². The number of nitrogens with zero attached hydrogens (tertiary/aromatic N) is 3. The molecule has 0 aliphatic heterocycles. The van der Waals surface area contributed by atoms with Gasteiger partial charge in [0.15, 0.2) is 0 Å². The zero-order chi connectivity index (χ0) is 17.6. The first-order valence-corrected chi connectivity index (χ1v) is 8.21. The van der Waals surface area contributed by atoms with Crippen molar-refractivity contribution in [1.82, 2.24) is 8.75 Å². The van der Waals surface area contributed by atoms with Crippen LogP contribution in [0.2, 0.25) is 0 Å². The SMILES string of the molecule is Cc1nsnc1COc1ccc(C(=O)Nc2ccc(C#N)cc2)cc1. The quantitative estimate of drug-likeness (QED) is 0.760. The van der Waals surface area contributed by atoms with Crippen molar-refractivity contribution in [2.45, 2.75) is 13.5 Å². The van der Waals surface area contributed by atoms with Crippen molar-refractivity contribution in [3.05, 3.63) is 71.0 Å². The molecule has 3 aromatic rings. The average Bonchev–Trinajstić information content (AvgIpc) is 3.06. The van der Waals surface area contributed by atoms with Gasteiger partial charge in [0, 0.05) is 11.3 Å². The Labute approximate surface area is 149 Å². The number of aryl methyl sites for hydroxylation is 1. The van der Waals surface area contributed by atoms with Crippen molar-refractivity contribution in [3.8, 4) is 11.8 Å². The molecule has 7 heteroatoms. The molecule has 2 aromatic carbocycles. The Bertz CT molecular complexity index is 911. The van der Waals surface area contributed by atoms with Crippen LogP contribution in [0, 0.1) is 18.3 Å². The summed E-state index contributed by atoms with van der Waals surface area (Å²) in [6, 6.07) is 15.6. The number of rotatable bonds is 5. The van der Waals surface area contributed by atoms with E-state index in [2.05, 4.69) is 14.1 Å². The molecule has 0 atom stereocenters. The molecule has 3 rings (SSSR count). The van der Waals surface area contributed by atoms with Gasteiger partial charge < -0.3 is 10.1 Å². The third kappa shape index (κ3) is 4.19. The number of anilines is 1. The molecular weight excluding hydrogens is 336 g/mol. The minimum Gasteiger partial charge on any atom is -0.487 e. The van der Waals surface area contributed by atoms with Crippen LogP contribution < -0.4 is 10.1 Å². The maximum absolute atomic E-state index is 12.2. The highest BCUT2D eigenvalue weighted by Crippen LogP contribution is 2.16. The summed E-state index contributed by atoms with van der Waals surface area (Å²) in [5.74, 6) is 0.429. The summed E-state index contributed by atoms with van der Waals surface area (Å²) in [6.07, 6.45) is 0. The predicted octanol–water partition coefficient (Wildman–Crippen LogP) is 3.55. The van der Waals surface area contributed by atoms with Crippen molar-refractivity contribution < 1.29 is 9.53 Å². The van der Waals surface area contributed by atoms with Crippen LogP contribution in [0.3, 0.4) is 0 Å². The lowest BCUT2D eigenvalue weighted by molar-refractivity contribution is 0.102. The van der Waals surface area contributed by atoms with Crippen molar-refractivity contribution in [2.75, 3.05) is 5.32 Å². The zero-order valence-corrected chi connectivity index (χ0v) is 14.2. The molecule has 0 spiro atoms. The van der Waals surface area contributed by atoms with E-state index in [4.69, 9.17) is 10.00 Å². The lowest BCUT2D eigenvalue weighted by Crippen LogP contribution is -2.11. The van der Waals surface area contributed by atoms with Crippen LogP contribution in [-0.4, -0.2) is 14.7 Å². The summed E-state index contributed by atoms with van der Waals surface area (Å²) in [5, 5.41) is 11.6. The van der Waals surface area contributed by atoms with Gasteiger partial charge in [0.1, 0.15) is 18.1 Å². The smallest absolute Gasteiger partial charge is 0.255 e. The van der Waals surface area contributed by atoms with E-state index in [1.807, 2.05) is 13.0 Å². The van der Waals surface area contributed by atoms with Crippen LogP contribution in [0.1, 0.15) is 27.3 Å². The maximum Gasteiger partial charge on any atom is 0.255 e. The van der Waals surface area contributed by atoms with Crippen molar-refractivity contribution >= 4 is 23.3 Å². The van der Waals surface area contributed by atoms with Crippen molar-refractivity contribution in [1.29, 1.82) is 5.26 Å². The number of nitriles is 1. The third-order valence-corrected chi connectivity index (χ3v) is 4.17. The van der Waals surface area contributed by atoms with Gasteiger partial charge in [0.25, 0.3) is 5.91 Å². The number of benzene rings is 2. The summed E-state index contributed by atoms with van der Waals surface area (Å²) in [5.41, 5.74) is 3.38. The van der Waals surface area contributed by atoms with E-state index in [0.29, 0.717) is 29.2 Å². The van der Waals surface area contributed by atoms with Crippen molar-refractivity contribution in [3.63, 3.8) is 0 Å². The summed E-state index contributed by atoms with van der Waals surface area (Å²) >= 11 is 1.16. The number of hydrogen-bond acceptors (Lipinski definition) is 6. The van der Waals surface area contributed by atoms with Crippen LogP contribution in [0.25, 0.3) is 0 Å². The Balaban J connectivity index is 1.60. The minimum absolute atomic E-state index is 0.226. The monoisotopic (exact) mass is 350 g/mol. The Morgan fingerprint density at radius 1 is 1.16 bits per heavy atom. The number of nitrogens with one attached hydrogen (secondary N) is 1. The van der Waals surface area contributed by atoms with E-state index in [-0.39, 0.29) is 5.91 Å². The molecule has 0 fully saturated rings. The van der Waals surface area contributed by atoms with E-state index in [9.17, 15) is 4.79 Å². The normalized spacial score (nSPS) is 10.1. The number of aromatic nitrogens is 2. The second kappa shape index (κ2) is 7.55. The number of hydrogen-bond donors (Lipinski definition) is 1. The van der Waals surface area contributed by atoms with Gasteiger partial charge in [-0.1, -0.05) is 0 Å². The zero-order valence-electron chi connectivity index (χ0n) is 13.4. The van der Waals surface area contributed by atoms with Crippen LogP contribution in [0.5, 0.6) is 5.75 Å².